The number of esters is 1. The summed E-state index contributed by atoms with van der Waals surface area (Å²) in [6.45, 7) is 10.0. The minimum Gasteiger partial charge on any atom is -0.454 e. The van der Waals surface area contributed by atoms with Gasteiger partial charge in [0.2, 0.25) is 0 Å². The van der Waals surface area contributed by atoms with E-state index in [0.717, 1.165) is 0 Å². The quantitative estimate of drug-likeness (QED) is 0.311. The van der Waals surface area contributed by atoms with Crippen LogP contribution in [0.1, 0.15) is 54.4 Å². The number of ketones is 1. The molecule has 3 fully saturated rings. The lowest BCUT2D eigenvalue weighted by Crippen LogP contribution is -2.79. The van der Waals surface area contributed by atoms with Gasteiger partial charge in [-0.1, -0.05) is 20.8 Å². The maximum absolute atomic E-state index is 14.2. The Hall–Kier alpha value is -1.81. The summed E-state index contributed by atoms with van der Waals surface area (Å²) in [5, 5.41) is 34.5. The number of carbonyl (C=O) groups is 3. The molecule has 184 valence electrons. The molecule has 1 aliphatic heterocycles. The number of Topliss-reactive ketones (excluding diaryl/α,β-unsaturated/α-hetero) is 1. The molecule has 33 heavy (non-hydrogen) atoms. The lowest BCUT2D eigenvalue weighted by Gasteiger charge is -2.68. The first kappa shape index (κ1) is 24.3. The average Bonchev–Trinajstić information content (AvgIpc) is 2.71. The van der Waals surface area contributed by atoms with Crippen molar-refractivity contribution in [3.05, 3.63) is 11.1 Å². The van der Waals surface area contributed by atoms with Crippen LogP contribution in [0.5, 0.6) is 0 Å². The van der Waals surface area contributed by atoms with E-state index in [1.165, 1.54) is 6.92 Å². The average molecular weight is 467 g/mol. The van der Waals surface area contributed by atoms with Crippen LogP contribution in [0, 0.1) is 22.7 Å². The molecule has 3 N–H and O–H groups in total. The summed E-state index contributed by atoms with van der Waals surface area (Å²) in [7, 11) is 0. The van der Waals surface area contributed by atoms with Crippen molar-refractivity contribution in [1.29, 1.82) is 0 Å². The number of carbonyl (C=O) groups excluding carboxylic acids is 3. The van der Waals surface area contributed by atoms with Gasteiger partial charge in [0.1, 0.15) is 6.10 Å². The van der Waals surface area contributed by atoms with E-state index in [1.807, 2.05) is 0 Å². The van der Waals surface area contributed by atoms with E-state index in [0.29, 0.717) is 11.1 Å². The van der Waals surface area contributed by atoms with Crippen LogP contribution in [0.2, 0.25) is 0 Å². The minimum absolute atomic E-state index is 0.0157. The number of hydrogen-bond donors (Lipinski definition) is 3. The largest absolute Gasteiger partial charge is 0.454 e. The van der Waals surface area contributed by atoms with E-state index in [-0.39, 0.29) is 25.9 Å². The SMILES string of the molecule is CC(=O)OC12COC1CC(O)[C@@]1(C)C(=O)C(OC=O)C3=C(C)C(O)CC(O)([C@@H](C)C21)C3(C)C. The summed E-state index contributed by atoms with van der Waals surface area (Å²) in [5.74, 6) is -2.68. The Labute approximate surface area is 193 Å². The van der Waals surface area contributed by atoms with Crippen molar-refractivity contribution in [2.24, 2.45) is 22.7 Å². The molecule has 0 amide bonds. The zero-order chi connectivity index (χ0) is 24.7. The van der Waals surface area contributed by atoms with Crippen LogP contribution in [0.4, 0.5) is 0 Å². The molecule has 9 heteroatoms. The van der Waals surface area contributed by atoms with Gasteiger partial charge < -0.3 is 29.5 Å². The monoisotopic (exact) mass is 466 g/mol. The molecule has 4 rings (SSSR count). The highest BCUT2D eigenvalue weighted by molar-refractivity contribution is 5.94. The number of hydrogen-bond acceptors (Lipinski definition) is 9. The lowest BCUT2D eigenvalue weighted by atomic mass is 9.42. The second kappa shape index (κ2) is 7.34. The summed E-state index contributed by atoms with van der Waals surface area (Å²) >= 11 is 0. The van der Waals surface area contributed by atoms with Gasteiger partial charge in [-0.25, -0.2) is 0 Å². The van der Waals surface area contributed by atoms with Crippen molar-refractivity contribution in [3.63, 3.8) is 0 Å². The molecular weight excluding hydrogens is 432 g/mol. The second-order valence-corrected chi connectivity index (χ2v) is 11.0. The van der Waals surface area contributed by atoms with Crippen LogP contribution >= 0.6 is 0 Å². The van der Waals surface area contributed by atoms with Gasteiger partial charge in [-0.3, -0.25) is 14.4 Å². The van der Waals surface area contributed by atoms with E-state index < -0.39 is 70.0 Å². The maximum Gasteiger partial charge on any atom is 0.303 e. The normalized spacial score (nSPS) is 48.5. The van der Waals surface area contributed by atoms with Crippen LogP contribution in [0.3, 0.4) is 0 Å². The van der Waals surface area contributed by atoms with Crippen LogP contribution in [0.15, 0.2) is 11.1 Å². The second-order valence-electron chi connectivity index (χ2n) is 11.0. The van der Waals surface area contributed by atoms with Crippen molar-refractivity contribution < 1.29 is 43.9 Å². The van der Waals surface area contributed by atoms with Crippen molar-refractivity contribution in [2.45, 2.75) is 90.0 Å². The summed E-state index contributed by atoms with van der Waals surface area (Å²) in [6, 6.07) is 0. The number of rotatable bonds is 3. The molecule has 9 nitrogen and oxygen atoms in total. The zero-order valence-corrected chi connectivity index (χ0v) is 20.0. The minimum atomic E-state index is -1.58. The molecule has 0 aromatic rings. The van der Waals surface area contributed by atoms with Crippen LogP contribution in [0.25, 0.3) is 0 Å². The van der Waals surface area contributed by atoms with Crippen LogP contribution in [-0.4, -0.2) is 75.8 Å². The van der Waals surface area contributed by atoms with E-state index in [9.17, 15) is 29.7 Å². The lowest BCUT2D eigenvalue weighted by molar-refractivity contribution is -0.338. The Morgan fingerprint density at radius 2 is 1.88 bits per heavy atom. The van der Waals surface area contributed by atoms with Gasteiger partial charge in [0.05, 0.1) is 29.8 Å². The van der Waals surface area contributed by atoms with Crippen molar-refractivity contribution >= 4 is 18.2 Å². The third-order valence-electron chi connectivity index (χ3n) is 9.35. The molecule has 0 aromatic carbocycles. The van der Waals surface area contributed by atoms with Gasteiger partial charge in [0, 0.05) is 31.1 Å². The number of aliphatic hydroxyl groups is 3. The fourth-order valence-corrected chi connectivity index (χ4v) is 7.54. The first-order valence-corrected chi connectivity index (χ1v) is 11.4. The highest BCUT2D eigenvalue weighted by Gasteiger charge is 2.76. The van der Waals surface area contributed by atoms with Gasteiger partial charge in [0.15, 0.2) is 17.5 Å². The number of ether oxygens (including phenoxy) is 3. The molecule has 4 aliphatic rings. The van der Waals surface area contributed by atoms with E-state index in [2.05, 4.69) is 0 Å². The first-order chi connectivity index (χ1) is 15.2. The van der Waals surface area contributed by atoms with Crippen LogP contribution < -0.4 is 0 Å². The van der Waals surface area contributed by atoms with Crippen LogP contribution in [-0.2, 0) is 28.6 Å². The molecule has 7 unspecified atom stereocenters. The molecule has 2 saturated carbocycles. The van der Waals surface area contributed by atoms with Crippen molar-refractivity contribution in [3.8, 4) is 0 Å². The van der Waals surface area contributed by atoms with E-state index >= 15 is 0 Å². The van der Waals surface area contributed by atoms with E-state index in [1.54, 1.807) is 34.6 Å². The number of fused-ring (bicyclic) bond motifs is 5. The highest BCUT2D eigenvalue weighted by atomic mass is 16.6. The summed E-state index contributed by atoms with van der Waals surface area (Å²) in [6.07, 6.45) is -4.30. The standard InChI is InChI=1S/C24H34O9/c1-11-14(27)8-24(30)12(2)19-22(6,20(29)18(32-10-25)17(11)21(24,4)5)15(28)7-16-23(19,9-31-16)33-13(3)26/h10,12,14-16,18-19,27-28,30H,7-9H2,1-6H3/t12-,14?,15?,16?,18?,19?,22+,23?,24?/m0/s1. The Kier molecular flexibility index (Phi) is 5.41. The predicted molar refractivity (Wildman–Crippen MR) is 114 cm³/mol. The Balaban J connectivity index is 2.05. The molecule has 3 aliphatic carbocycles. The number of aliphatic hydroxyl groups excluding tert-OH is 2. The van der Waals surface area contributed by atoms with Crippen molar-refractivity contribution in [2.75, 3.05) is 6.61 Å². The highest BCUT2D eigenvalue weighted by Crippen LogP contribution is 2.65. The first-order valence-electron chi connectivity index (χ1n) is 11.4. The fourth-order valence-electron chi connectivity index (χ4n) is 7.54. The molecule has 1 heterocycles. The summed E-state index contributed by atoms with van der Waals surface area (Å²) < 4.78 is 16.9. The Morgan fingerprint density at radius 3 is 2.39 bits per heavy atom. The molecule has 0 radical (unpaired) electrons. The van der Waals surface area contributed by atoms with Gasteiger partial charge in [-0.05, 0) is 30.9 Å². The van der Waals surface area contributed by atoms with Gasteiger partial charge in [-0.2, -0.15) is 0 Å². The molecule has 0 aromatic heterocycles. The third kappa shape index (κ3) is 2.82. The van der Waals surface area contributed by atoms with E-state index in [4.69, 9.17) is 14.2 Å². The molecule has 0 spiro atoms. The zero-order valence-electron chi connectivity index (χ0n) is 20.0. The molecule has 2 bridgehead atoms. The Bertz CT molecular complexity index is 925. The van der Waals surface area contributed by atoms with Gasteiger partial charge in [0.25, 0.3) is 6.47 Å². The van der Waals surface area contributed by atoms with Crippen molar-refractivity contribution in [1.82, 2.24) is 0 Å². The summed E-state index contributed by atoms with van der Waals surface area (Å²) in [5.41, 5.74) is -4.63. The third-order valence-corrected chi connectivity index (χ3v) is 9.35. The Morgan fingerprint density at radius 1 is 1.24 bits per heavy atom. The smallest absolute Gasteiger partial charge is 0.303 e. The molecule has 9 atom stereocenters. The van der Waals surface area contributed by atoms with Gasteiger partial charge in [-0.15, -0.1) is 0 Å². The molecular formula is C24H34O9. The predicted octanol–water partition coefficient (Wildman–Crippen LogP) is 0.673. The van der Waals surface area contributed by atoms with Gasteiger partial charge >= 0.3 is 5.97 Å². The maximum atomic E-state index is 14.2. The fraction of sp³-hybridized carbons (Fsp3) is 0.792. The summed E-state index contributed by atoms with van der Waals surface area (Å²) in [4.78, 5) is 37.9. The topological polar surface area (TPSA) is 140 Å². The molecule has 1 saturated heterocycles.